The topological polar surface area (TPSA) is 158 Å². The molecule has 0 bridgehead atoms. The van der Waals surface area contributed by atoms with Crippen LogP contribution in [0.3, 0.4) is 0 Å². The number of pyridine rings is 1. The molecule has 6 N–H and O–H groups in total. The molecule has 1 aromatic carbocycles. The van der Waals surface area contributed by atoms with E-state index in [1.54, 1.807) is 18.3 Å². The number of guanidine groups is 1. The number of methoxy groups -OCH3 is 1. The van der Waals surface area contributed by atoms with E-state index in [2.05, 4.69) is 36.5 Å². The third kappa shape index (κ3) is 3.16. The van der Waals surface area contributed by atoms with E-state index < -0.39 is 6.04 Å². The number of fused-ring (bicyclic) bond motifs is 1. The van der Waals surface area contributed by atoms with Crippen molar-refractivity contribution in [1.29, 1.82) is 10.5 Å². The Labute approximate surface area is 167 Å². The van der Waals surface area contributed by atoms with E-state index in [0.29, 0.717) is 32.2 Å². The smallest absolute Gasteiger partial charge is 0.211 e. The Balaban J connectivity index is 2.27. The molecule has 0 fully saturated rings. The lowest BCUT2D eigenvalue weighted by atomic mass is 9.95. The predicted molar refractivity (Wildman–Crippen MR) is 105 cm³/mol. The minimum absolute atomic E-state index is 0.0212. The first kappa shape index (κ1) is 18.6. The van der Waals surface area contributed by atoms with Gasteiger partial charge in [-0.2, -0.15) is 10.5 Å². The molecule has 3 rings (SSSR count). The monoisotopic (exact) mass is 446 g/mol. The average molecular weight is 448 g/mol. The van der Waals surface area contributed by atoms with E-state index in [0.717, 1.165) is 0 Å². The minimum atomic E-state index is -0.683. The summed E-state index contributed by atoms with van der Waals surface area (Å²) in [5.41, 5.74) is 13.3. The van der Waals surface area contributed by atoms with Gasteiger partial charge in [-0.25, -0.2) is 9.98 Å². The summed E-state index contributed by atoms with van der Waals surface area (Å²) in [5, 5.41) is 23.9. The van der Waals surface area contributed by atoms with E-state index in [1.807, 2.05) is 6.07 Å². The Morgan fingerprint density at radius 2 is 2.11 bits per heavy atom. The fourth-order valence-electron chi connectivity index (χ4n) is 2.75. The van der Waals surface area contributed by atoms with Gasteiger partial charge in [0, 0.05) is 5.56 Å². The summed E-state index contributed by atoms with van der Waals surface area (Å²) in [4.78, 5) is 8.66. The molecule has 1 aliphatic rings. The molecule has 0 saturated heterocycles. The molecule has 2 heterocycles. The van der Waals surface area contributed by atoms with Crippen molar-refractivity contribution in [2.75, 3.05) is 23.9 Å². The number of nitrogens with zero attached hydrogens (tertiary/aromatic N) is 4. The van der Waals surface area contributed by atoms with Crippen LogP contribution < -0.4 is 26.8 Å². The molecular formula is C16H12BrClN8O. The van der Waals surface area contributed by atoms with Crippen LogP contribution in [0.25, 0.3) is 0 Å². The summed E-state index contributed by atoms with van der Waals surface area (Å²) in [6.07, 6.45) is 1.79. The number of nitrogens with two attached hydrogens (primary N) is 2. The SMILES string of the molecule is COc1c(Cl)cc(C2N=C(NC#N)Nc3nc(N)c(C#N)c(N)c32)cc1Br. The van der Waals surface area contributed by atoms with E-state index in [-0.39, 0.29) is 23.0 Å². The van der Waals surface area contributed by atoms with Crippen molar-refractivity contribution in [1.82, 2.24) is 10.3 Å². The highest BCUT2D eigenvalue weighted by Gasteiger charge is 2.30. The summed E-state index contributed by atoms with van der Waals surface area (Å²) in [5.74, 6) is 0.904. The Bertz CT molecular complexity index is 1030. The molecular weight excluding hydrogens is 436 g/mol. The number of ether oxygens (including phenoxy) is 1. The second kappa shape index (κ2) is 7.19. The molecule has 27 heavy (non-hydrogen) atoms. The Kier molecular flexibility index (Phi) is 4.95. The number of hydrogen-bond donors (Lipinski definition) is 4. The number of nitriles is 2. The number of nitrogens with one attached hydrogen (secondary N) is 2. The Morgan fingerprint density at radius 3 is 2.70 bits per heavy atom. The Hall–Kier alpha value is -3.21. The van der Waals surface area contributed by atoms with Gasteiger partial charge in [0.05, 0.1) is 22.3 Å². The molecule has 1 aromatic heterocycles. The van der Waals surface area contributed by atoms with Gasteiger partial charge >= 0.3 is 0 Å². The van der Waals surface area contributed by atoms with Gasteiger partial charge in [-0.15, -0.1) is 0 Å². The summed E-state index contributed by atoms with van der Waals surface area (Å²) in [6.45, 7) is 0. The molecule has 2 aromatic rings. The lowest BCUT2D eigenvalue weighted by molar-refractivity contribution is 0.412. The minimum Gasteiger partial charge on any atom is -0.494 e. The zero-order chi connectivity index (χ0) is 19.7. The van der Waals surface area contributed by atoms with Gasteiger partial charge in [0.1, 0.15) is 29.3 Å². The molecule has 1 unspecified atom stereocenters. The first-order chi connectivity index (χ1) is 12.9. The zero-order valence-corrected chi connectivity index (χ0v) is 16.2. The normalized spacial score (nSPS) is 14.9. The van der Waals surface area contributed by atoms with Crippen molar-refractivity contribution in [3.63, 3.8) is 0 Å². The lowest BCUT2D eigenvalue weighted by Gasteiger charge is -2.26. The van der Waals surface area contributed by atoms with Crippen LogP contribution in [-0.2, 0) is 0 Å². The number of aliphatic imine (C=N–C) groups is 1. The molecule has 0 aliphatic carbocycles. The van der Waals surface area contributed by atoms with Crippen LogP contribution in [0.2, 0.25) is 5.02 Å². The van der Waals surface area contributed by atoms with Gasteiger partial charge in [0.25, 0.3) is 0 Å². The van der Waals surface area contributed by atoms with E-state index in [9.17, 15) is 5.26 Å². The van der Waals surface area contributed by atoms with Crippen LogP contribution in [-0.4, -0.2) is 18.1 Å². The number of aromatic nitrogens is 1. The molecule has 1 aliphatic heterocycles. The van der Waals surface area contributed by atoms with Crippen LogP contribution >= 0.6 is 27.5 Å². The van der Waals surface area contributed by atoms with Crippen LogP contribution in [0.5, 0.6) is 5.75 Å². The first-order valence-electron chi connectivity index (χ1n) is 7.43. The number of rotatable bonds is 2. The van der Waals surface area contributed by atoms with Crippen molar-refractivity contribution >= 4 is 50.8 Å². The maximum atomic E-state index is 9.34. The highest BCUT2D eigenvalue weighted by Crippen LogP contribution is 2.43. The summed E-state index contributed by atoms with van der Waals surface area (Å²) < 4.78 is 5.86. The fraction of sp³-hybridized carbons (Fsp3) is 0.125. The maximum absolute atomic E-state index is 9.34. The van der Waals surface area contributed by atoms with Gasteiger partial charge in [0.15, 0.2) is 11.9 Å². The Morgan fingerprint density at radius 1 is 1.37 bits per heavy atom. The predicted octanol–water partition coefficient (Wildman–Crippen LogP) is 2.48. The largest absolute Gasteiger partial charge is 0.494 e. The van der Waals surface area contributed by atoms with Gasteiger partial charge < -0.3 is 21.5 Å². The third-order valence-corrected chi connectivity index (χ3v) is 4.77. The quantitative estimate of drug-likeness (QED) is 0.403. The highest BCUT2D eigenvalue weighted by atomic mass is 79.9. The molecule has 11 heteroatoms. The number of benzene rings is 1. The van der Waals surface area contributed by atoms with Crippen molar-refractivity contribution in [2.24, 2.45) is 4.99 Å². The summed E-state index contributed by atoms with van der Waals surface area (Å²) in [6, 6.07) is 4.70. The van der Waals surface area contributed by atoms with Crippen LogP contribution in [0, 0.1) is 22.8 Å². The highest BCUT2D eigenvalue weighted by molar-refractivity contribution is 9.10. The van der Waals surface area contributed by atoms with Gasteiger partial charge in [-0.1, -0.05) is 11.6 Å². The zero-order valence-electron chi connectivity index (χ0n) is 13.8. The first-order valence-corrected chi connectivity index (χ1v) is 8.60. The maximum Gasteiger partial charge on any atom is 0.211 e. The summed E-state index contributed by atoms with van der Waals surface area (Å²) in [7, 11) is 1.50. The molecule has 1 atom stereocenters. The average Bonchev–Trinajstić information content (AvgIpc) is 2.61. The van der Waals surface area contributed by atoms with Crippen LogP contribution in [0.4, 0.5) is 17.3 Å². The lowest BCUT2D eigenvalue weighted by Crippen LogP contribution is -2.32. The van der Waals surface area contributed by atoms with Gasteiger partial charge in [-0.05, 0) is 33.6 Å². The van der Waals surface area contributed by atoms with Crippen molar-refractivity contribution in [2.45, 2.75) is 6.04 Å². The standard InChI is InChI=1S/C16H12BrClN8O/c1-27-13-8(17)2-6(3-9(13)18)12-10-11(21)7(4-19)14(22)25-15(10)26-16(24-12)23-5-20/h2-3,12H,1H3,(H6,21,22,23,24,25,26). The second-order valence-corrected chi connectivity index (χ2v) is 6.68. The summed E-state index contributed by atoms with van der Waals surface area (Å²) >= 11 is 9.70. The number of anilines is 3. The van der Waals surface area contributed by atoms with Crippen molar-refractivity contribution in [3.8, 4) is 18.0 Å². The number of halogens is 2. The molecule has 0 radical (unpaired) electrons. The van der Waals surface area contributed by atoms with Crippen LogP contribution in [0.1, 0.15) is 22.7 Å². The molecule has 0 spiro atoms. The molecule has 9 nitrogen and oxygen atoms in total. The number of nitrogen functional groups attached to an aromatic ring is 2. The second-order valence-electron chi connectivity index (χ2n) is 5.42. The third-order valence-electron chi connectivity index (χ3n) is 3.90. The van der Waals surface area contributed by atoms with Crippen LogP contribution in [0.15, 0.2) is 21.6 Å². The van der Waals surface area contributed by atoms with E-state index in [4.69, 9.17) is 33.1 Å². The molecule has 136 valence electrons. The van der Waals surface area contributed by atoms with E-state index >= 15 is 0 Å². The van der Waals surface area contributed by atoms with Crippen molar-refractivity contribution in [3.05, 3.63) is 38.3 Å². The molecule has 0 amide bonds. The van der Waals surface area contributed by atoms with E-state index in [1.165, 1.54) is 7.11 Å². The van der Waals surface area contributed by atoms with Crippen molar-refractivity contribution < 1.29 is 4.74 Å². The van der Waals surface area contributed by atoms with Gasteiger partial charge in [0.2, 0.25) is 5.96 Å². The molecule has 0 saturated carbocycles. The fourth-order valence-corrected chi connectivity index (χ4v) is 3.81. The van der Waals surface area contributed by atoms with Gasteiger partial charge in [-0.3, -0.25) is 5.32 Å². The number of hydrogen-bond acceptors (Lipinski definition) is 9.